The summed E-state index contributed by atoms with van der Waals surface area (Å²) >= 11 is 0. The molecule has 0 saturated carbocycles. The molecule has 0 aliphatic heterocycles. The fourth-order valence-corrected chi connectivity index (χ4v) is 2.15. The minimum Gasteiger partial charge on any atom is -0.319 e. The molecule has 1 rings (SSSR count). The van der Waals surface area contributed by atoms with Gasteiger partial charge in [0.15, 0.2) is 0 Å². The van der Waals surface area contributed by atoms with Crippen LogP contribution in [0, 0.1) is 34.6 Å². The van der Waals surface area contributed by atoms with Crippen LogP contribution in [0.15, 0.2) is 0 Å². The van der Waals surface area contributed by atoms with E-state index in [0.29, 0.717) is 5.56 Å². The quantitative estimate of drug-likeness (QED) is 0.822. The highest BCUT2D eigenvalue weighted by Crippen LogP contribution is 2.31. The van der Waals surface area contributed by atoms with Crippen LogP contribution < -0.4 is 5.73 Å². The third-order valence-corrected chi connectivity index (χ3v) is 3.66. The van der Waals surface area contributed by atoms with Crippen molar-refractivity contribution >= 4 is 0 Å². The Hall–Kier alpha value is -0.960. The van der Waals surface area contributed by atoms with Crippen molar-refractivity contribution in [2.24, 2.45) is 5.73 Å². The first-order valence-electron chi connectivity index (χ1n) is 5.39. The summed E-state index contributed by atoms with van der Waals surface area (Å²) in [6, 6.07) is -1.18. The zero-order valence-electron chi connectivity index (χ0n) is 10.5. The Labute approximate surface area is 95.7 Å². The highest BCUT2D eigenvalue weighted by atomic mass is 19.3. The van der Waals surface area contributed by atoms with Gasteiger partial charge in [0, 0.05) is 0 Å². The van der Waals surface area contributed by atoms with Gasteiger partial charge in [0.1, 0.15) is 0 Å². The molecule has 90 valence electrons. The lowest BCUT2D eigenvalue weighted by Gasteiger charge is -2.22. The summed E-state index contributed by atoms with van der Waals surface area (Å²) in [6.45, 7) is 9.67. The Morgan fingerprint density at radius 2 is 1.06 bits per heavy atom. The first-order chi connectivity index (χ1) is 7.29. The molecule has 3 heteroatoms. The van der Waals surface area contributed by atoms with Crippen molar-refractivity contribution in [3.05, 3.63) is 33.4 Å². The first-order valence-corrected chi connectivity index (χ1v) is 5.39. The third kappa shape index (κ3) is 1.96. The molecule has 0 heterocycles. The number of alkyl halides is 2. The predicted octanol–water partition coefficient (Wildman–Crippen LogP) is 3.49. The number of rotatable bonds is 2. The number of hydrogen-bond acceptors (Lipinski definition) is 1. The maximum Gasteiger partial charge on any atom is 0.257 e. The molecular weight excluding hydrogens is 208 g/mol. The summed E-state index contributed by atoms with van der Waals surface area (Å²) in [5.41, 5.74) is 11.3. The van der Waals surface area contributed by atoms with Crippen LogP contribution in [0.4, 0.5) is 8.78 Å². The summed E-state index contributed by atoms with van der Waals surface area (Å²) in [4.78, 5) is 0. The Balaban J connectivity index is 3.51. The molecule has 1 aromatic rings. The van der Waals surface area contributed by atoms with E-state index in [-0.39, 0.29) is 0 Å². The Bertz CT molecular complexity index is 382. The van der Waals surface area contributed by atoms with Gasteiger partial charge < -0.3 is 5.73 Å². The molecule has 0 aromatic heterocycles. The van der Waals surface area contributed by atoms with Crippen molar-refractivity contribution < 1.29 is 8.78 Å². The number of hydrogen-bond donors (Lipinski definition) is 1. The molecule has 0 saturated heterocycles. The average molecular weight is 227 g/mol. The fourth-order valence-electron chi connectivity index (χ4n) is 2.15. The molecule has 0 aliphatic rings. The van der Waals surface area contributed by atoms with Gasteiger partial charge in [-0.1, -0.05) is 0 Å². The maximum atomic E-state index is 12.7. The maximum absolute atomic E-state index is 12.7. The van der Waals surface area contributed by atoms with Gasteiger partial charge in [-0.25, -0.2) is 8.78 Å². The fraction of sp³-hybridized carbons (Fsp3) is 0.538. The van der Waals surface area contributed by atoms with Crippen molar-refractivity contribution in [1.29, 1.82) is 0 Å². The van der Waals surface area contributed by atoms with Gasteiger partial charge in [0.25, 0.3) is 6.43 Å². The topological polar surface area (TPSA) is 26.0 Å². The van der Waals surface area contributed by atoms with Crippen LogP contribution >= 0.6 is 0 Å². The van der Waals surface area contributed by atoms with E-state index in [1.54, 1.807) is 0 Å². The van der Waals surface area contributed by atoms with Crippen LogP contribution in [0.2, 0.25) is 0 Å². The summed E-state index contributed by atoms with van der Waals surface area (Å²) in [6.07, 6.45) is -2.51. The smallest absolute Gasteiger partial charge is 0.257 e. The average Bonchev–Trinajstić information content (AvgIpc) is 2.23. The van der Waals surface area contributed by atoms with E-state index in [2.05, 4.69) is 0 Å². The first kappa shape index (κ1) is 13.1. The Kier molecular flexibility index (Phi) is 3.68. The van der Waals surface area contributed by atoms with Gasteiger partial charge in [0.2, 0.25) is 0 Å². The largest absolute Gasteiger partial charge is 0.319 e. The van der Waals surface area contributed by atoms with Crippen molar-refractivity contribution in [3.8, 4) is 0 Å². The molecule has 0 spiro atoms. The summed E-state index contributed by atoms with van der Waals surface area (Å²) in [5, 5.41) is 0. The lowest BCUT2D eigenvalue weighted by Crippen LogP contribution is -2.22. The number of nitrogens with two attached hydrogens (primary N) is 1. The van der Waals surface area contributed by atoms with Crippen molar-refractivity contribution in [1.82, 2.24) is 0 Å². The van der Waals surface area contributed by atoms with E-state index in [0.717, 1.165) is 22.3 Å². The van der Waals surface area contributed by atoms with Gasteiger partial charge in [-0.05, 0) is 68.0 Å². The van der Waals surface area contributed by atoms with E-state index < -0.39 is 12.5 Å². The zero-order chi connectivity index (χ0) is 12.6. The molecular formula is C13H19F2N. The minimum absolute atomic E-state index is 0.607. The molecule has 1 nitrogen and oxygen atoms in total. The molecule has 0 fully saturated rings. The lowest BCUT2D eigenvalue weighted by atomic mass is 9.86. The minimum atomic E-state index is -2.51. The number of halogens is 2. The second kappa shape index (κ2) is 4.50. The Morgan fingerprint density at radius 3 is 1.38 bits per heavy atom. The number of benzene rings is 1. The van der Waals surface area contributed by atoms with E-state index >= 15 is 0 Å². The second-order valence-corrected chi connectivity index (χ2v) is 4.40. The second-order valence-electron chi connectivity index (χ2n) is 4.40. The summed E-state index contributed by atoms with van der Waals surface area (Å²) in [5.74, 6) is 0. The van der Waals surface area contributed by atoms with Crippen LogP contribution in [0.3, 0.4) is 0 Å². The van der Waals surface area contributed by atoms with E-state index in [9.17, 15) is 8.78 Å². The molecule has 2 N–H and O–H groups in total. The molecule has 0 radical (unpaired) electrons. The van der Waals surface area contributed by atoms with Crippen molar-refractivity contribution in [2.75, 3.05) is 0 Å². The molecule has 0 aliphatic carbocycles. The van der Waals surface area contributed by atoms with Gasteiger partial charge in [0.05, 0.1) is 6.04 Å². The molecule has 1 aromatic carbocycles. The van der Waals surface area contributed by atoms with Crippen LogP contribution in [0.25, 0.3) is 0 Å². The highest BCUT2D eigenvalue weighted by Gasteiger charge is 2.23. The van der Waals surface area contributed by atoms with Gasteiger partial charge in [-0.3, -0.25) is 0 Å². The SMILES string of the molecule is Cc1c(C)c(C)c([C@@H](N)C(F)F)c(C)c1C. The van der Waals surface area contributed by atoms with Crippen LogP contribution in [0.1, 0.15) is 39.4 Å². The molecule has 0 unspecified atom stereocenters. The monoisotopic (exact) mass is 227 g/mol. The van der Waals surface area contributed by atoms with Gasteiger partial charge in [-0.15, -0.1) is 0 Å². The van der Waals surface area contributed by atoms with Crippen LogP contribution in [-0.4, -0.2) is 6.43 Å². The van der Waals surface area contributed by atoms with Gasteiger partial charge >= 0.3 is 0 Å². The Morgan fingerprint density at radius 1 is 0.750 bits per heavy atom. The van der Waals surface area contributed by atoms with E-state index in [4.69, 9.17) is 5.73 Å². The predicted molar refractivity (Wildman–Crippen MR) is 63.1 cm³/mol. The normalized spacial score (nSPS) is 13.3. The van der Waals surface area contributed by atoms with Crippen molar-refractivity contribution in [3.63, 3.8) is 0 Å². The van der Waals surface area contributed by atoms with Crippen molar-refractivity contribution in [2.45, 2.75) is 47.1 Å². The molecule has 1 atom stereocenters. The molecule has 0 amide bonds. The standard InChI is InChI=1S/C13H19F2N/c1-6-7(2)9(4)11(10(5)8(6)3)12(16)13(14)15/h12-13H,16H2,1-5H3/t12-/m1/s1. The molecule has 16 heavy (non-hydrogen) atoms. The zero-order valence-corrected chi connectivity index (χ0v) is 10.5. The van der Waals surface area contributed by atoms with Gasteiger partial charge in [-0.2, -0.15) is 0 Å². The van der Waals surface area contributed by atoms with Crippen LogP contribution in [0.5, 0.6) is 0 Å². The molecule has 0 bridgehead atoms. The van der Waals surface area contributed by atoms with Crippen LogP contribution in [-0.2, 0) is 0 Å². The summed E-state index contributed by atoms with van der Waals surface area (Å²) in [7, 11) is 0. The third-order valence-electron chi connectivity index (χ3n) is 3.66. The van der Waals surface area contributed by atoms with E-state index in [1.165, 1.54) is 5.56 Å². The summed E-state index contributed by atoms with van der Waals surface area (Å²) < 4.78 is 25.4. The highest BCUT2D eigenvalue weighted by molar-refractivity contribution is 5.50. The lowest BCUT2D eigenvalue weighted by molar-refractivity contribution is 0.116. The van der Waals surface area contributed by atoms with E-state index in [1.807, 2.05) is 34.6 Å².